The summed E-state index contributed by atoms with van der Waals surface area (Å²) in [4.78, 5) is 14.1. The van der Waals surface area contributed by atoms with Gasteiger partial charge in [-0.05, 0) is 12.1 Å². The Morgan fingerprint density at radius 2 is 1.80 bits per heavy atom. The van der Waals surface area contributed by atoms with Crippen molar-refractivity contribution in [1.82, 2.24) is 9.21 Å². The lowest BCUT2D eigenvalue weighted by Crippen LogP contribution is -2.46. The van der Waals surface area contributed by atoms with Gasteiger partial charge in [-0.15, -0.1) is 24.0 Å². The number of nitrogens with one attached hydrogen (secondary N) is 1. The molecule has 1 fully saturated rings. The fourth-order valence-electron chi connectivity index (χ4n) is 1.90. The van der Waals surface area contributed by atoms with Crippen LogP contribution in [-0.2, 0) is 4.74 Å². The molecule has 0 atom stereocenters. The van der Waals surface area contributed by atoms with Crippen LogP contribution in [0.3, 0.4) is 0 Å². The average Bonchev–Trinajstić information content (AvgIpc) is 2.48. The molecular formula is C13H18IN3O2S. The zero-order valence-electron chi connectivity index (χ0n) is 11.2. The molecule has 1 aliphatic heterocycles. The molecule has 0 saturated carbocycles. The Morgan fingerprint density at radius 1 is 1.20 bits per heavy atom. The summed E-state index contributed by atoms with van der Waals surface area (Å²) in [6.07, 6.45) is 0. The molecule has 5 nitrogen and oxygen atoms in total. The summed E-state index contributed by atoms with van der Waals surface area (Å²) in [6, 6.07) is 9.33. The molecule has 0 radical (unpaired) electrons. The number of methoxy groups -OCH3 is 1. The molecule has 1 aromatic rings. The van der Waals surface area contributed by atoms with Gasteiger partial charge in [-0.25, -0.2) is 4.31 Å². The molecule has 1 aromatic carbocycles. The number of halogens is 1. The van der Waals surface area contributed by atoms with Crippen LogP contribution in [0.25, 0.3) is 0 Å². The van der Waals surface area contributed by atoms with Gasteiger partial charge in [-0.2, -0.15) is 0 Å². The second kappa shape index (κ2) is 8.48. The predicted octanol–water partition coefficient (Wildman–Crippen LogP) is 2.29. The number of ether oxygens (including phenoxy) is 1. The summed E-state index contributed by atoms with van der Waals surface area (Å²) in [7, 11) is 1.49. The topological polar surface area (TPSA) is 56.6 Å². The first-order chi connectivity index (χ1) is 9.20. The lowest BCUT2D eigenvalue weighted by Gasteiger charge is -2.33. The Hall–Kier alpha value is -0.800. The van der Waals surface area contributed by atoms with Gasteiger partial charge in [0.15, 0.2) is 0 Å². The smallest absolute Gasteiger partial charge is 0.258 e. The molecule has 1 amide bonds. The van der Waals surface area contributed by atoms with E-state index < -0.39 is 0 Å². The van der Waals surface area contributed by atoms with Gasteiger partial charge in [-0.1, -0.05) is 18.2 Å². The number of carbonyl (C=O) groups is 1. The number of hydrogen-bond donors (Lipinski definition) is 1. The van der Waals surface area contributed by atoms with Crippen LogP contribution in [0.5, 0.6) is 0 Å². The monoisotopic (exact) mass is 407 g/mol. The van der Waals surface area contributed by atoms with Crippen LogP contribution in [0.4, 0.5) is 0 Å². The number of carbonyl (C=O) groups excluding carboxylic acids is 1. The molecule has 1 saturated heterocycles. The fraction of sp³-hybridized carbons (Fsp3) is 0.385. The highest BCUT2D eigenvalue weighted by Crippen LogP contribution is 2.16. The van der Waals surface area contributed by atoms with Gasteiger partial charge < -0.3 is 9.64 Å². The fourth-order valence-corrected chi connectivity index (χ4v) is 2.56. The molecular weight excluding hydrogens is 389 g/mol. The van der Waals surface area contributed by atoms with E-state index in [1.54, 1.807) is 0 Å². The molecule has 1 aliphatic rings. The molecule has 0 aliphatic carbocycles. The highest BCUT2D eigenvalue weighted by atomic mass is 127. The highest BCUT2D eigenvalue weighted by Gasteiger charge is 2.23. The minimum Gasteiger partial charge on any atom is -0.476 e. The number of piperazine rings is 1. The van der Waals surface area contributed by atoms with Crippen LogP contribution in [0, 0.1) is 5.41 Å². The third-order valence-corrected chi connectivity index (χ3v) is 3.90. The third kappa shape index (κ3) is 4.64. The van der Waals surface area contributed by atoms with E-state index in [0.717, 1.165) is 18.7 Å². The Morgan fingerprint density at radius 3 is 2.35 bits per heavy atom. The van der Waals surface area contributed by atoms with Gasteiger partial charge in [0.05, 0.1) is 7.11 Å². The first-order valence-corrected chi connectivity index (χ1v) is 6.88. The Kier molecular flexibility index (Phi) is 7.31. The van der Waals surface area contributed by atoms with Gasteiger partial charge in [0, 0.05) is 43.7 Å². The molecule has 0 spiro atoms. The normalized spacial score (nSPS) is 15.3. The second-order valence-electron chi connectivity index (χ2n) is 4.17. The molecule has 110 valence electrons. The van der Waals surface area contributed by atoms with Gasteiger partial charge in [0.2, 0.25) is 0 Å². The van der Waals surface area contributed by atoms with Gasteiger partial charge in [0.1, 0.15) is 0 Å². The van der Waals surface area contributed by atoms with Gasteiger partial charge in [-0.3, -0.25) is 10.2 Å². The van der Waals surface area contributed by atoms with Crippen LogP contribution >= 0.6 is 35.9 Å². The van der Waals surface area contributed by atoms with Crippen molar-refractivity contribution in [3.05, 3.63) is 35.9 Å². The number of rotatable bonds is 2. The van der Waals surface area contributed by atoms with E-state index >= 15 is 0 Å². The third-order valence-electron chi connectivity index (χ3n) is 2.94. The van der Waals surface area contributed by atoms with Crippen molar-refractivity contribution in [3.63, 3.8) is 0 Å². The molecule has 1 N–H and O–H groups in total. The van der Waals surface area contributed by atoms with E-state index in [1.165, 1.54) is 19.1 Å². The van der Waals surface area contributed by atoms with Crippen molar-refractivity contribution in [2.24, 2.45) is 0 Å². The van der Waals surface area contributed by atoms with Crippen LogP contribution in [0.2, 0.25) is 0 Å². The van der Waals surface area contributed by atoms with Crippen molar-refractivity contribution in [1.29, 1.82) is 5.41 Å². The van der Waals surface area contributed by atoms with E-state index in [9.17, 15) is 4.79 Å². The Bertz CT molecular complexity index is 450. The Labute approximate surface area is 140 Å². The number of amides is 1. The minimum atomic E-state index is 0. The first kappa shape index (κ1) is 17.3. The van der Waals surface area contributed by atoms with E-state index in [4.69, 9.17) is 10.1 Å². The molecule has 0 aromatic heterocycles. The van der Waals surface area contributed by atoms with E-state index in [2.05, 4.69) is 0 Å². The standard InChI is InChI=1S/C13H17N3O2S.HI/c1-18-13(14)19-16-9-7-15(8-10-16)12(17)11-5-3-2-4-6-11;/h2-6,14H,7-10H2,1H3;1H. The molecule has 2 rings (SSSR count). The molecule has 20 heavy (non-hydrogen) atoms. The molecule has 0 unspecified atom stereocenters. The van der Waals surface area contributed by atoms with Crippen molar-refractivity contribution < 1.29 is 9.53 Å². The molecule has 1 heterocycles. The van der Waals surface area contributed by atoms with Crippen LogP contribution in [-0.4, -0.2) is 53.6 Å². The SMILES string of the molecule is COC(=N)SN1CCN(C(=O)c2ccccc2)CC1.I. The summed E-state index contributed by atoms with van der Waals surface area (Å²) in [5.74, 6) is 0.0760. The van der Waals surface area contributed by atoms with E-state index in [1.807, 2.05) is 39.5 Å². The minimum absolute atomic E-state index is 0. The van der Waals surface area contributed by atoms with Crippen LogP contribution in [0.15, 0.2) is 30.3 Å². The van der Waals surface area contributed by atoms with Crippen molar-refractivity contribution in [2.75, 3.05) is 33.3 Å². The average molecular weight is 407 g/mol. The van der Waals surface area contributed by atoms with Crippen LogP contribution < -0.4 is 0 Å². The van der Waals surface area contributed by atoms with Crippen molar-refractivity contribution >= 4 is 47.1 Å². The van der Waals surface area contributed by atoms with Crippen molar-refractivity contribution in [2.45, 2.75) is 0 Å². The lowest BCUT2D eigenvalue weighted by atomic mass is 10.2. The van der Waals surface area contributed by atoms with Crippen LogP contribution in [0.1, 0.15) is 10.4 Å². The molecule has 7 heteroatoms. The number of benzene rings is 1. The lowest BCUT2D eigenvalue weighted by molar-refractivity contribution is 0.0704. The number of hydrogen-bond acceptors (Lipinski definition) is 5. The Balaban J connectivity index is 0.00000200. The maximum absolute atomic E-state index is 12.2. The second-order valence-corrected chi connectivity index (χ2v) is 5.24. The zero-order chi connectivity index (χ0) is 13.7. The maximum atomic E-state index is 12.2. The van der Waals surface area contributed by atoms with Crippen molar-refractivity contribution in [3.8, 4) is 0 Å². The quantitative estimate of drug-likeness (QED) is 0.354. The maximum Gasteiger partial charge on any atom is 0.258 e. The molecule has 0 bridgehead atoms. The predicted molar refractivity (Wildman–Crippen MR) is 91.7 cm³/mol. The highest BCUT2D eigenvalue weighted by molar-refractivity contribution is 14.0. The van der Waals surface area contributed by atoms with E-state index in [-0.39, 0.29) is 35.1 Å². The summed E-state index contributed by atoms with van der Waals surface area (Å²) in [6.45, 7) is 2.85. The van der Waals surface area contributed by atoms with E-state index in [0.29, 0.717) is 13.1 Å². The van der Waals surface area contributed by atoms with Gasteiger partial charge >= 0.3 is 0 Å². The number of nitrogens with zero attached hydrogens (tertiary/aromatic N) is 2. The summed E-state index contributed by atoms with van der Waals surface area (Å²) >= 11 is 1.29. The summed E-state index contributed by atoms with van der Waals surface area (Å²) in [5.41, 5.74) is 0.730. The summed E-state index contributed by atoms with van der Waals surface area (Å²) in [5, 5.41) is 7.64. The first-order valence-electron chi connectivity index (χ1n) is 6.10. The largest absolute Gasteiger partial charge is 0.476 e. The van der Waals surface area contributed by atoms with Gasteiger partial charge in [0.25, 0.3) is 11.1 Å². The zero-order valence-corrected chi connectivity index (χ0v) is 14.4. The summed E-state index contributed by atoms with van der Waals surface area (Å²) < 4.78 is 6.86.